The molecule has 0 aliphatic heterocycles. The molecule has 88 valence electrons. The molecule has 0 fully saturated rings. The summed E-state index contributed by atoms with van der Waals surface area (Å²) in [7, 11) is 0. The van der Waals surface area contributed by atoms with Gasteiger partial charge in [-0.2, -0.15) is 0 Å². The van der Waals surface area contributed by atoms with Crippen LogP contribution in [0.25, 0.3) is 11.0 Å². The molecule has 1 aromatic heterocycles. The zero-order chi connectivity index (χ0) is 12.4. The Morgan fingerprint density at radius 3 is 2.88 bits per heavy atom. The van der Waals surface area contributed by atoms with Crippen molar-refractivity contribution >= 4 is 32.9 Å². The highest BCUT2D eigenvalue weighted by molar-refractivity contribution is 9.10. The van der Waals surface area contributed by atoms with Gasteiger partial charge in [-0.25, -0.2) is 14.8 Å². The predicted octanol–water partition coefficient (Wildman–Crippen LogP) is 2.88. The van der Waals surface area contributed by atoms with Crippen molar-refractivity contribution in [3.05, 3.63) is 34.1 Å². The van der Waals surface area contributed by atoms with E-state index in [0.29, 0.717) is 17.8 Å². The number of carbonyl (C=O) groups is 1. The van der Waals surface area contributed by atoms with Gasteiger partial charge >= 0.3 is 5.97 Å². The largest absolute Gasteiger partial charge is 0.461 e. The van der Waals surface area contributed by atoms with Crippen LogP contribution in [0.15, 0.2) is 22.7 Å². The van der Waals surface area contributed by atoms with Crippen molar-refractivity contribution in [1.29, 1.82) is 0 Å². The van der Waals surface area contributed by atoms with E-state index in [9.17, 15) is 4.79 Å². The van der Waals surface area contributed by atoms with Crippen molar-refractivity contribution in [2.45, 2.75) is 13.8 Å². The van der Waals surface area contributed by atoms with Gasteiger partial charge in [-0.15, -0.1) is 0 Å². The molecule has 4 nitrogen and oxygen atoms in total. The molecule has 0 spiro atoms. The van der Waals surface area contributed by atoms with Crippen molar-refractivity contribution in [2.75, 3.05) is 6.61 Å². The summed E-state index contributed by atoms with van der Waals surface area (Å²) in [6, 6.07) is 5.60. The molecule has 0 atom stereocenters. The molecular formula is C12H11BrN2O2. The van der Waals surface area contributed by atoms with Crippen LogP contribution in [0.1, 0.15) is 23.1 Å². The molecule has 0 unspecified atom stereocenters. The zero-order valence-corrected chi connectivity index (χ0v) is 11.1. The van der Waals surface area contributed by atoms with Gasteiger partial charge in [0.1, 0.15) is 5.52 Å². The summed E-state index contributed by atoms with van der Waals surface area (Å²) in [4.78, 5) is 20.3. The van der Waals surface area contributed by atoms with Gasteiger partial charge in [0, 0.05) is 4.47 Å². The third-order valence-corrected chi connectivity index (χ3v) is 2.93. The van der Waals surface area contributed by atoms with Crippen molar-refractivity contribution < 1.29 is 9.53 Å². The van der Waals surface area contributed by atoms with E-state index in [1.165, 1.54) is 0 Å². The second-order valence-electron chi connectivity index (χ2n) is 3.49. The van der Waals surface area contributed by atoms with Crippen molar-refractivity contribution in [3.63, 3.8) is 0 Å². The number of rotatable bonds is 2. The van der Waals surface area contributed by atoms with E-state index in [4.69, 9.17) is 4.74 Å². The summed E-state index contributed by atoms with van der Waals surface area (Å²) < 4.78 is 5.75. The molecule has 0 saturated heterocycles. The maximum absolute atomic E-state index is 11.7. The molecule has 2 rings (SSSR count). The van der Waals surface area contributed by atoms with E-state index in [0.717, 1.165) is 9.99 Å². The SMILES string of the molecule is CCOC(=O)c1nc2c(Br)cccc2nc1C. The average molecular weight is 295 g/mol. The van der Waals surface area contributed by atoms with Crippen LogP contribution in [0.2, 0.25) is 0 Å². The number of carbonyl (C=O) groups excluding carboxylic acids is 1. The van der Waals surface area contributed by atoms with Gasteiger partial charge in [-0.1, -0.05) is 6.07 Å². The number of aryl methyl sites for hydroxylation is 1. The fourth-order valence-electron chi connectivity index (χ4n) is 1.52. The number of ether oxygens (including phenoxy) is 1. The van der Waals surface area contributed by atoms with Gasteiger partial charge in [0.25, 0.3) is 0 Å². The topological polar surface area (TPSA) is 52.1 Å². The first-order chi connectivity index (χ1) is 8.13. The molecule has 5 heteroatoms. The number of halogens is 1. The molecule has 0 aliphatic rings. The van der Waals surface area contributed by atoms with Gasteiger partial charge in [-0.05, 0) is 41.9 Å². The van der Waals surface area contributed by atoms with Gasteiger partial charge in [0.15, 0.2) is 5.69 Å². The Morgan fingerprint density at radius 1 is 1.41 bits per heavy atom. The van der Waals surface area contributed by atoms with Crippen molar-refractivity contribution in [3.8, 4) is 0 Å². The minimum atomic E-state index is -0.435. The standard InChI is InChI=1S/C12H11BrN2O2/c1-3-17-12(16)10-7(2)14-9-6-4-5-8(13)11(9)15-10/h4-6H,3H2,1-2H3. The summed E-state index contributed by atoms with van der Waals surface area (Å²) >= 11 is 3.39. The number of esters is 1. The molecule has 0 radical (unpaired) electrons. The molecule has 2 aromatic rings. The molecular weight excluding hydrogens is 284 g/mol. The average Bonchev–Trinajstić information content (AvgIpc) is 2.29. The van der Waals surface area contributed by atoms with Crippen LogP contribution in [0.5, 0.6) is 0 Å². The second kappa shape index (κ2) is 4.79. The van der Waals surface area contributed by atoms with Crippen LogP contribution < -0.4 is 0 Å². The predicted molar refractivity (Wildman–Crippen MR) is 67.9 cm³/mol. The molecule has 0 amide bonds. The van der Waals surface area contributed by atoms with Crippen LogP contribution in [0.3, 0.4) is 0 Å². The number of para-hydroxylation sites is 1. The lowest BCUT2D eigenvalue weighted by Crippen LogP contribution is -2.10. The Labute approximate surface area is 107 Å². The maximum atomic E-state index is 11.7. The van der Waals surface area contributed by atoms with Crippen LogP contribution in [0.4, 0.5) is 0 Å². The highest BCUT2D eigenvalue weighted by Crippen LogP contribution is 2.21. The van der Waals surface area contributed by atoms with Gasteiger partial charge in [0.05, 0.1) is 17.8 Å². The smallest absolute Gasteiger partial charge is 0.358 e. The summed E-state index contributed by atoms with van der Waals surface area (Å²) in [5, 5.41) is 0. The maximum Gasteiger partial charge on any atom is 0.358 e. The number of aromatic nitrogens is 2. The van der Waals surface area contributed by atoms with Gasteiger partial charge in [0.2, 0.25) is 0 Å². The van der Waals surface area contributed by atoms with Gasteiger partial charge < -0.3 is 4.74 Å². The van der Waals surface area contributed by atoms with Crippen LogP contribution in [-0.2, 0) is 4.74 Å². The summed E-state index contributed by atoms with van der Waals surface area (Å²) in [5.74, 6) is -0.435. The fraction of sp³-hybridized carbons (Fsp3) is 0.250. The van der Waals surface area contributed by atoms with E-state index < -0.39 is 5.97 Å². The lowest BCUT2D eigenvalue weighted by atomic mass is 10.2. The molecule has 0 N–H and O–H groups in total. The number of hydrogen-bond acceptors (Lipinski definition) is 4. The Bertz CT molecular complexity index is 584. The number of benzene rings is 1. The Balaban J connectivity index is 2.61. The first-order valence-corrected chi connectivity index (χ1v) is 6.02. The first kappa shape index (κ1) is 12.0. The highest BCUT2D eigenvalue weighted by Gasteiger charge is 2.15. The first-order valence-electron chi connectivity index (χ1n) is 5.23. The van der Waals surface area contributed by atoms with E-state index in [1.807, 2.05) is 18.2 Å². The summed E-state index contributed by atoms with van der Waals surface area (Å²) in [6.45, 7) is 3.84. The Hall–Kier alpha value is -1.49. The summed E-state index contributed by atoms with van der Waals surface area (Å²) in [6.07, 6.45) is 0. The molecule has 0 bridgehead atoms. The van der Waals surface area contributed by atoms with Crippen LogP contribution >= 0.6 is 15.9 Å². The van der Waals surface area contributed by atoms with Gasteiger partial charge in [-0.3, -0.25) is 0 Å². The summed E-state index contributed by atoms with van der Waals surface area (Å²) in [5.41, 5.74) is 2.27. The quantitative estimate of drug-likeness (QED) is 0.799. The zero-order valence-electron chi connectivity index (χ0n) is 9.53. The van der Waals surface area contributed by atoms with Crippen molar-refractivity contribution in [1.82, 2.24) is 9.97 Å². The second-order valence-corrected chi connectivity index (χ2v) is 4.34. The van der Waals surface area contributed by atoms with E-state index in [1.54, 1.807) is 13.8 Å². The monoisotopic (exact) mass is 294 g/mol. The normalized spacial score (nSPS) is 10.5. The Morgan fingerprint density at radius 2 is 2.18 bits per heavy atom. The molecule has 1 aromatic carbocycles. The van der Waals surface area contributed by atoms with E-state index in [-0.39, 0.29) is 5.69 Å². The third kappa shape index (κ3) is 2.29. The molecule has 1 heterocycles. The molecule has 0 saturated carbocycles. The van der Waals surface area contributed by atoms with Crippen LogP contribution in [-0.4, -0.2) is 22.5 Å². The number of nitrogens with zero attached hydrogens (tertiary/aromatic N) is 2. The lowest BCUT2D eigenvalue weighted by Gasteiger charge is -2.06. The highest BCUT2D eigenvalue weighted by atomic mass is 79.9. The minimum absolute atomic E-state index is 0.270. The fourth-order valence-corrected chi connectivity index (χ4v) is 1.97. The van der Waals surface area contributed by atoms with Crippen LogP contribution in [0, 0.1) is 6.92 Å². The minimum Gasteiger partial charge on any atom is -0.461 e. The Kier molecular flexibility index (Phi) is 3.38. The number of fused-ring (bicyclic) bond motifs is 1. The van der Waals surface area contributed by atoms with E-state index in [2.05, 4.69) is 25.9 Å². The molecule has 0 aliphatic carbocycles. The van der Waals surface area contributed by atoms with E-state index >= 15 is 0 Å². The number of hydrogen-bond donors (Lipinski definition) is 0. The van der Waals surface area contributed by atoms with Crippen molar-refractivity contribution in [2.24, 2.45) is 0 Å². The third-order valence-electron chi connectivity index (χ3n) is 2.29. The molecule has 17 heavy (non-hydrogen) atoms. The lowest BCUT2D eigenvalue weighted by molar-refractivity contribution is 0.0518.